The molecule has 0 aliphatic heterocycles. The van der Waals surface area contributed by atoms with Crippen LogP contribution in [0.1, 0.15) is 10.4 Å². The lowest BCUT2D eigenvalue weighted by Crippen LogP contribution is -2.02. The van der Waals surface area contributed by atoms with Gasteiger partial charge in [-0.25, -0.2) is 4.39 Å². The van der Waals surface area contributed by atoms with Crippen LogP contribution >= 0.6 is 11.3 Å². The van der Waals surface area contributed by atoms with Crippen LogP contribution in [0, 0.1) is 17.1 Å². The van der Waals surface area contributed by atoms with E-state index in [0.29, 0.717) is 6.42 Å². The Bertz CT molecular complexity index is 584. The molecular weight excluding hydrogens is 247 g/mol. The van der Waals surface area contributed by atoms with E-state index in [1.54, 1.807) is 17.4 Å². The first-order chi connectivity index (χ1) is 8.74. The fourth-order valence-corrected chi connectivity index (χ4v) is 2.88. The molecule has 0 spiro atoms. The SMILES string of the molecule is CNCc1ccc(-c2cc(F)ccc2CC#N)s1. The van der Waals surface area contributed by atoms with Crippen molar-refractivity contribution in [3.8, 4) is 16.5 Å². The van der Waals surface area contributed by atoms with Crippen LogP contribution in [-0.4, -0.2) is 7.05 Å². The molecule has 0 fully saturated rings. The second-order valence-electron chi connectivity index (χ2n) is 3.93. The molecule has 0 radical (unpaired) electrons. The first-order valence-electron chi connectivity index (χ1n) is 5.63. The number of nitriles is 1. The third kappa shape index (κ3) is 2.76. The molecule has 2 nitrogen and oxygen atoms in total. The van der Waals surface area contributed by atoms with E-state index in [2.05, 4.69) is 11.4 Å². The van der Waals surface area contributed by atoms with E-state index in [4.69, 9.17) is 5.26 Å². The van der Waals surface area contributed by atoms with Gasteiger partial charge in [0.25, 0.3) is 0 Å². The lowest BCUT2D eigenvalue weighted by molar-refractivity contribution is 0.628. The molecule has 4 heteroatoms. The van der Waals surface area contributed by atoms with Crippen molar-refractivity contribution in [2.75, 3.05) is 7.05 Å². The number of hydrogen-bond acceptors (Lipinski definition) is 3. The Morgan fingerprint density at radius 3 is 2.89 bits per heavy atom. The quantitative estimate of drug-likeness (QED) is 0.915. The zero-order valence-electron chi connectivity index (χ0n) is 10.0. The number of nitrogens with one attached hydrogen (secondary N) is 1. The van der Waals surface area contributed by atoms with E-state index >= 15 is 0 Å². The van der Waals surface area contributed by atoms with E-state index in [1.165, 1.54) is 17.0 Å². The smallest absolute Gasteiger partial charge is 0.123 e. The number of halogens is 1. The van der Waals surface area contributed by atoms with Crippen LogP contribution in [0.3, 0.4) is 0 Å². The Morgan fingerprint density at radius 2 is 2.17 bits per heavy atom. The molecule has 0 unspecified atom stereocenters. The molecule has 1 heterocycles. The highest BCUT2D eigenvalue weighted by atomic mass is 32.1. The van der Waals surface area contributed by atoms with Gasteiger partial charge in [0.05, 0.1) is 12.5 Å². The van der Waals surface area contributed by atoms with Crippen molar-refractivity contribution in [3.05, 3.63) is 46.6 Å². The van der Waals surface area contributed by atoms with E-state index < -0.39 is 0 Å². The summed E-state index contributed by atoms with van der Waals surface area (Å²) in [5.74, 6) is -0.268. The second-order valence-corrected chi connectivity index (χ2v) is 5.10. The Balaban J connectivity index is 2.41. The summed E-state index contributed by atoms with van der Waals surface area (Å²) in [6.07, 6.45) is 0.300. The van der Waals surface area contributed by atoms with Crippen molar-refractivity contribution in [2.45, 2.75) is 13.0 Å². The van der Waals surface area contributed by atoms with Gasteiger partial charge in [0.1, 0.15) is 5.82 Å². The molecule has 0 aliphatic carbocycles. The number of nitrogens with zero attached hydrogens (tertiary/aromatic N) is 1. The molecule has 0 amide bonds. The van der Waals surface area contributed by atoms with Gasteiger partial charge in [0, 0.05) is 16.3 Å². The average molecular weight is 260 g/mol. The highest BCUT2D eigenvalue weighted by Gasteiger charge is 2.09. The van der Waals surface area contributed by atoms with Crippen LogP contribution < -0.4 is 5.32 Å². The van der Waals surface area contributed by atoms with E-state index in [1.807, 2.05) is 19.2 Å². The molecule has 1 aromatic carbocycles. The summed E-state index contributed by atoms with van der Waals surface area (Å²) >= 11 is 1.62. The Labute approximate surface area is 110 Å². The van der Waals surface area contributed by atoms with Gasteiger partial charge < -0.3 is 5.32 Å². The number of benzene rings is 1. The topological polar surface area (TPSA) is 35.8 Å². The van der Waals surface area contributed by atoms with Crippen LogP contribution in [0.2, 0.25) is 0 Å². The van der Waals surface area contributed by atoms with E-state index in [-0.39, 0.29) is 5.82 Å². The van der Waals surface area contributed by atoms with E-state index in [9.17, 15) is 4.39 Å². The normalized spacial score (nSPS) is 10.3. The van der Waals surface area contributed by atoms with Crippen molar-refractivity contribution >= 4 is 11.3 Å². The maximum absolute atomic E-state index is 13.3. The van der Waals surface area contributed by atoms with Gasteiger partial charge in [-0.1, -0.05) is 6.07 Å². The van der Waals surface area contributed by atoms with Crippen LogP contribution in [0.4, 0.5) is 4.39 Å². The highest BCUT2D eigenvalue weighted by Crippen LogP contribution is 2.31. The highest BCUT2D eigenvalue weighted by molar-refractivity contribution is 7.15. The summed E-state index contributed by atoms with van der Waals surface area (Å²) < 4.78 is 13.3. The number of rotatable bonds is 4. The molecule has 0 saturated carbocycles. The molecule has 0 aliphatic rings. The van der Waals surface area contributed by atoms with Crippen LogP contribution in [0.15, 0.2) is 30.3 Å². The zero-order valence-corrected chi connectivity index (χ0v) is 10.9. The lowest BCUT2D eigenvalue weighted by atomic mass is 10.0. The zero-order chi connectivity index (χ0) is 13.0. The third-order valence-electron chi connectivity index (χ3n) is 2.62. The molecular formula is C14H13FN2S. The Kier molecular flexibility index (Phi) is 4.08. The largest absolute Gasteiger partial charge is 0.315 e. The molecule has 0 atom stereocenters. The maximum atomic E-state index is 13.3. The first-order valence-corrected chi connectivity index (χ1v) is 6.45. The summed E-state index contributed by atoms with van der Waals surface area (Å²) in [4.78, 5) is 2.20. The van der Waals surface area contributed by atoms with E-state index in [0.717, 1.165) is 22.5 Å². The van der Waals surface area contributed by atoms with Gasteiger partial charge in [0.15, 0.2) is 0 Å². The van der Waals surface area contributed by atoms with Crippen LogP contribution in [0.25, 0.3) is 10.4 Å². The van der Waals surface area contributed by atoms with Crippen molar-refractivity contribution in [1.29, 1.82) is 5.26 Å². The molecule has 92 valence electrons. The standard InChI is InChI=1S/C14H13FN2S/c1-17-9-12-4-5-14(18-12)13-8-11(15)3-2-10(13)6-7-16/h2-5,8,17H,6,9H2,1H3. The minimum Gasteiger partial charge on any atom is -0.315 e. The van der Waals surface area contributed by atoms with Crippen molar-refractivity contribution in [2.24, 2.45) is 0 Å². The summed E-state index contributed by atoms with van der Waals surface area (Å²) in [7, 11) is 1.89. The molecule has 0 bridgehead atoms. The van der Waals surface area contributed by atoms with Gasteiger partial charge in [-0.05, 0) is 42.4 Å². The minimum absolute atomic E-state index is 0.268. The van der Waals surface area contributed by atoms with Gasteiger partial charge in [-0.2, -0.15) is 5.26 Å². The fraction of sp³-hybridized carbons (Fsp3) is 0.214. The molecule has 18 heavy (non-hydrogen) atoms. The maximum Gasteiger partial charge on any atom is 0.123 e. The summed E-state index contributed by atoms with van der Waals surface area (Å²) in [5.41, 5.74) is 1.70. The predicted molar refractivity (Wildman–Crippen MR) is 71.8 cm³/mol. The summed E-state index contributed by atoms with van der Waals surface area (Å²) in [6.45, 7) is 0.799. The van der Waals surface area contributed by atoms with Crippen LogP contribution in [0.5, 0.6) is 0 Å². The van der Waals surface area contributed by atoms with Gasteiger partial charge in [0.2, 0.25) is 0 Å². The van der Waals surface area contributed by atoms with Gasteiger partial charge in [-0.15, -0.1) is 11.3 Å². The van der Waals surface area contributed by atoms with Crippen molar-refractivity contribution in [1.82, 2.24) is 5.32 Å². The number of hydrogen-bond donors (Lipinski definition) is 1. The minimum atomic E-state index is -0.268. The molecule has 2 rings (SSSR count). The molecule has 2 aromatic rings. The fourth-order valence-electron chi connectivity index (χ4n) is 1.81. The Morgan fingerprint density at radius 1 is 1.33 bits per heavy atom. The first kappa shape index (κ1) is 12.7. The van der Waals surface area contributed by atoms with Crippen molar-refractivity contribution < 1.29 is 4.39 Å². The average Bonchev–Trinajstić information content (AvgIpc) is 2.81. The molecule has 1 aromatic heterocycles. The van der Waals surface area contributed by atoms with Gasteiger partial charge >= 0.3 is 0 Å². The molecule has 0 saturated heterocycles. The van der Waals surface area contributed by atoms with Crippen LogP contribution in [-0.2, 0) is 13.0 Å². The van der Waals surface area contributed by atoms with Crippen molar-refractivity contribution in [3.63, 3.8) is 0 Å². The molecule has 1 N–H and O–H groups in total. The Hall–Kier alpha value is -1.70. The second kappa shape index (κ2) is 5.76. The number of thiophene rings is 1. The monoisotopic (exact) mass is 260 g/mol. The third-order valence-corrected chi connectivity index (χ3v) is 3.74. The van der Waals surface area contributed by atoms with Gasteiger partial charge in [-0.3, -0.25) is 0 Å². The predicted octanol–water partition coefficient (Wildman–Crippen LogP) is 3.34. The summed E-state index contributed by atoms with van der Waals surface area (Å²) in [6, 6.07) is 10.7. The lowest BCUT2D eigenvalue weighted by Gasteiger charge is -2.04. The summed E-state index contributed by atoms with van der Waals surface area (Å²) in [5, 5.41) is 11.9.